The molecule has 1 aliphatic heterocycles. The Morgan fingerprint density at radius 1 is 1.23 bits per heavy atom. The van der Waals surface area contributed by atoms with E-state index in [1.807, 2.05) is 18.2 Å². The molecule has 22 heavy (non-hydrogen) atoms. The lowest BCUT2D eigenvalue weighted by Gasteiger charge is -2.30. The number of aryl methyl sites for hydroxylation is 1. The van der Waals surface area contributed by atoms with Gasteiger partial charge in [-0.25, -0.2) is 15.0 Å². The number of rotatable bonds is 1. The van der Waals surface area contributed by atoms with Crippen molar-refractivity contribution in [1.29, 1.82) is 0 Å². The maximum Gasteiger partial charge on any atom is 0.283 e. The van der Waals surface area contributed by atoms with Gasteiger partial charge in [0.25, 0.3) is 6.02 Å². The van der Waals surface area contributed by atoms with Crippen LogP contribution in [0, 0.1) is 0 Å². The summed E-state index contributed by atoms with van der Waals surface area (Å²) in [5, 5.41) is 0. The van der Waals surface area contributed by atoms with Crippen LogP contribution in [0.15, 0.2) is 41.9 Å². The van der Waals surface area contributed by atoms with Crippen LogP contribution in [0.4, 0.5) is 0 Å². The summed E-state index contributed by atoms with van der Waals surface area (Å²) >= 11 is 0. The highest BCUT2D eigenvalue weighted by Crippen LogP contribution is 2.38. The third-order valence-corrected chi connectivity index (χ3v) is 4.26. The van der Waals surface area contributed by atoms with Crippen LogP contribution in [-0.2, 0) is 11.2 Å². The van der Waals surface area contributed by atoms with Crippen molar-refractivity contribution < 1.29 is 9.53 Å². The Labute approximate surface area is 127 Å². The highest BCUT2D eigenvalue weighted by Gasteiger charge is 2.47. The Balaban J connectivity index is 1.89. The molecule has 2 N–H and O–H groups in total. The maximum absolute atomic E-state index is 13.1. The molecule has 0 bridgehead atoms. The smallest absolute Gasteiger partial charge is 0.283 e. The van der Waals surface area contributed by atoms with E-state index in [-0.39, 0.29) is 18.4 Å². The van der Waals surface area contributed by atoms with Crippen molar-refractivity contribution in [2.75, 3.05) is 6.61 Å². The summed E-state index contributed by atoms with van der Waals surface area (Å²) < 4.78 is 5.26. The number of amidine groups is 1. The molecule has 0 amide bonds. The van der Waals surface area contributed by atoms with Crippen molar-refractivity contribution >= 4 is 11.8 Å². The van der Waals surface area contributed by atoms with Crippen LogP contribution in [0.25, 0.3) is 11.1 Å². The lowest BCUT2D eigenvalue weighted by molar-refractivity contribution is 0.0836. The highest BCUT2D eigenvalue weighted by molar-refractivity contribution is 6.11. The van der Waals surface area contributed by atoms with Gasteiger partial charge in [0.15, 0.2) is 11.3 Å². The van der Waals surface area contributed by atoms with E-state index in [0.29, 0.717) is 12.0 Å². The quantitative estimate of drug-likeness (QED) is 0.857. The van der Waals surface area contributed by atoms with E-state index in [1.165, 1.54) is 6.33 Å². The molecule has 0 fully saturated rings. The lowest BCUT2D eigenvalue weighted by Crippen LogP contribution is -2.42. The number of carbonyl (C=O) groups excluding carboxylic acids is 1. The van der Waals surface area contributed by atoms with Crippen molar-refractivity contribution in [2.24, 2.45) is 10.7 Å². The third kappa shape index (κ3) is 1.80. The van der Waals surface area contributed by atoms with Gasteiger partial charge in [-0.2, -0.15) is 0 Å². The van der Waals surface area contributed by atoms with Gasteiger partial charge >= 0.3 is 0 Å². The number of ketones is 1. The second-order valence-corrected chi connectivity index (χ2v) is 5.57. The predicted molar refractivity (Wildman–Crippen MR) is 80.4 cm³/mol. The van der Waals surface area contributed by atoms with E-state index in [9.17, 15) is 4.79 Å². The second-order valence-electron chi connectivity index (χ2n) is 5.57. The minimum absolute atomic E-state index is 0.0337. The number of Topliss-reactive ketones (excluding diaryl/α,β-unsaturated/α-hetero) is 1. The first-order valence-electron chi connectivity index (χ1n) is 7.10. The fourth-order valence-corrected chi connectivity index (χ4v) is 3.16. The molecule has 0 saturated heterocycles. The van der Waals surface area contributed by atoms with Crippen molar-refractivity contribution in [3.05, 3.63) is 48.0 Å². The first-order chi connectivity index (χ1) is 10.7. The number of aliphatic imine (C=N–C) groups is 1. The molecule has 2 aromatic rings. The Kier molecular flexibility index (Phi) is 2.72. The van der Waals surface area contributed by atoms with E-state index in [2.05, 4.69) is 15.0 Å². The van der Waals surface area contributed by atoms with Crippen LogP contribution in [-0.4, -0.2) is 33.9 Å². The molecule has 2 aliphatic rings. The number of ether oxygens (including phenoxy) is 1. The molecule has 1 aromatic carbocycles. The molecule has 6 heteroatoms. The number of benzene rings is 1. The Morgan fingerprint density at radius 2 is 2.05 bits per heavy atom. The van der Waals surface area contributed by atoms with Crippen molar-refractivity contribution in [3.8, 4) is 11.1 Å². The van der Waals surface area contributed by atoms with Crippen LogP contribution in [0.1, 0.15) is 22.3 Å². The molecular formula is C16H14N4O2. The molecule has 1 unspecified atom stereocenters. The molecule has 0 saturated carbocycles. The number of fused-ring (bicyclic) bond motifs is 1. The normalized spacial score (nSPS) is 23.1. The first kappa shape index (κ1) is 12.9. The fraction of sp³-hybridized carbons (Fsp3) is 0.250. The number of nitrogens with zero attached hydrogens (tertiary/aromatic N) is 3. The third-order valence-electron chi connectivity index (χ3n) is 4.26. The zero-order valence-corrected chi connectivity index (χ0v) is 11.8. The van der Waals surface area contributed by atoms with Gasteiger partial charge in [-0.05, 0) is 24.0 Å². The molecular weight excluding hydrogens is 280 g/mol. The Hall–Kier alpha value is -2.76. The topological polar surface area (TPSA) is 90.5 Å². The molecule has 4 rings (SSSR count). The van der Waals surface area contributed by atoms with Crippen LogP contribution in [0.5, 0.6) is 0 Å². The number of nitrogens with two attached hydrogens (primary N) is 1. The summed E-state index contributed by atoms with van der Waals surface area (Å²) in [7, 11) is 0. The number of aromatic nitrogens is 2. The number of carbonyl (C=O) groups is 1. The summed E-state index contributed by atoms with van der Waals surface area (Å²) in [5.41, 5.74) is 8.12. The summed E-state index contributed by atoms with van der Waals surface area (Å²) in [6, 6.07) is 5.94. The maximum atomic E-state index is 13.1. The molecule has 1 spiro atoms. The molecule has 1 aliphatic carbocycles. The molecule has 1 aromatic heterocycles. The van der Waals surface area contributed by atoms with E-state index in [1.54, 1.807) is 12.4 Å². The van der Waals surface area contributed by atoms with Gasteiger partial charge < -0.3 is 10.5 Å². The van der Waals surface area contributed by atoms with Crippen molar-refractivity contribution in [1.82, 2.24) is 9.97 Å². The number of hydrogen-bond donors (Lipinski definition) is 1. The minimum atomic E-state index is -0.872. The van der Waals surface area contributed by atoms with E-state index >= 15 is 0 Å². The Morgan fingerprint density at radius 3 is 2.77 bits per heavy atom. The Bertz CT molecular complexity index is 788. The molecule has 2 heterocycles. The SMILES string of the molecule is NC1=NC2(CCc3cccc(-c4cncnc4)c3C2=O)CO1. The molecule has 6 nitrogen and oxygen atoms in total. The molecule has 0 radical (unpaired) electrons. The van der Waals surface area contributed by atoms with Crippen LogP contribution < -0.4 is 5.73 Å². The number of hydrogen-bond acceptors (Lipinski definition) is 6. The van der Waals surface area contributed by atoms with E-state index < -0.39 is 5.54 Å². The van der Waals surface area contributed by atoms with Gasteiger partial charge in [0.2, 0.25) is 0 Å². The molecule has 110 valence electrons. The van der Waals surface area contributed by atoms with E-state index in [0.717, 1.165) is 23.1 Å². The standard InChI is InChI=1S/C16H14N4O2/c17-15-20-16(8-22-15)5-4-10-2-1-3-12(13(10)14(16)21)11-6-18-9-19-7-11/h1-3,6-7,9H,4-5,8H2,(H2,17,20). The molecule has 1 atom stereocenters. The van der Waals surface area contributed by atoms with E-state index in [4.69, 9.17) is 10.5 Å². The van der Waals surface area contributed by atoms with Gasteiger partial charge in [-0.3, -0.25) is 4.79 Å². The zero-order valence-electron chi connectivity index (χ0n) is 11.8. The van der Waals surface area contributed by atoms with Gasteiger partial charge in [-0.1, -0.05) is 18.2 Å². The minimum Gasteiger partial charge on any atom is -0.462 e. The van der Waals surface area contributed by atoms with Crippen LogP contribution in [0.3, 0.4) is 0 Å². The van der Waals surface area contributed by atoms with Gasteiger partial charge in [0, 0.05) is 23.5 Å². The fourth-order valence-electron chi connectivity index (χ4n) is 3.16. The second kappa shape index (κ2) is 4.62. The monoisotopic (exact) mass is 294 g/mol. The van der Waals surface area contributed by atoms with Gasteiger partial charge in [0.05, 0.1) is 0 Å². The van der Waals surface area contributed by atoms with Crippen molar-refractivity contribution in [2.45, 2.75) is 18.4 Å². The van der Waals surface area contributed by atoms with Gasteiger partial charge in [0.1, 0.15) is 12.9 Å². The summed E-state index contributed by atoms with van der Waals surface area (Å²) in [4.78, 5) is 25.5. The van der Waals surface area contributed by atoms with Crippen LogP contribution >= 0.6 is 0 Å². The first-order valence-corrected chi connectivity index (χ1v) is 7.10. The van der Waals surface area contributed by atoms with Crippen LogP contribution in [0.2, 0.25) is 0 Å². The summed E-state index contributed by atoms with van der Waals surface area (Å²) in [6.45, 7) is 0.219. The largest absolute Gasteiger partial charge is 0.462 e. The van der Waals surface area contributed by atoms with Gasteiger partial charge in [-0.15, -0.1) is 0 Å². The zero-order chi connectivity index (χ0) is 15.2. The van der Waals surface area contributed by atoms with Crippen molar-refractivity contribution in [3.63, 3.8) is 0 Å². The lowest BCUT2D eigenvalue weighted by atomic mass is 9.75. The average Bonchev–Trinajstić information content (AvgIpc) is 2.94. The summed E-state index contributed by atoms with van der Waals surface area (Å²) in [5.74, 6) is -0.0337. The predicted octanol–water partition coefficient (Wildman–Crippen LogP) is 1.36. The summed E-state index contributed by atoms with van der Waals surface area (Å²) in [6.07, 6.45) is 6.27. The highest BCUT2D eigenvalue weighted by atomic mass is 16.5. The average molecular weight is 294 g/mol.